The molecule has 1 atom stereocenters. The third-order valence-corrected chi connectivity index (χ3v) is 6.46. The van der Waals surface area contributed by atoms with Gasteiger partial charge in [0.2, 0.25) is 15.9 Å². The van der Waals surface area contributed by atoms with E-state index in [0.717, 1.165) is 24.0 Å². The summed E-state index contributed by atoms with van der Waals surface area (Å²) in [5.41, 5.74) is 1.22. The van der Waals surface area contributed by atoms with Crippen molar-refractivity contribution in [3.05, 3.63) is 95.6 Å². The van der Waals surface area contributed by atoms with Gasteiger partial charge in [-0.25, -0.2) is 17.2 Å². The molecule has 2 amide bonds. The summed E-state index contributed by atoms with van der Waals surface area (Å²) in [5, 5.41) is 5.37. The number of halogens is 2. The smallest absolute Gasteiger partial charge is 0.253 e. The maximum atomic E-state index is 13.7. The van der Waals surface area contributed by atoms with Crippen molar-refractivity contribution in [1.82, 2.24) is 5.32 Å². The van der Waals surface area contributed by atoms with Gasteiger partial charge in [-0.15, -0.1) is 0 Å². The molecule has 0 aromatic heterocycles. The molecule has 0 spiro atoms. The molecule has 35 heavy (non-hydrogen) atoms. The number of carbonyl (C=O) groups is 2. The molecule has 3 aromatic rings. The van der Waals surface area contributed by atoms with Crippen LogP contribution < -0.4 is 14.9 Å². The second-order valence-corrected chi connectivity index (χ2v) is 9.72. The Hall–Kier alpha value is -3.79. The molecular formula is C25H25F2N3O4S. The quantitative estimate of drug-likeness (QED) is 0.467. The first-order valence-corrected chi connectivity index (χ1v) is 12.6. The van der Waals surface area contributed by atoms with Crippen LogP contribution in [0.1, 0.15) is 22.8 Å². The van der Waals surface area contributed by atoms with Gasteiger partial charge in [-0.2, -0.15) is 0 Å². The highest BCUT2D eigenvalue weighted by Crippen LogP contribution is 2.24. The van der Waals surface area contributed by atoms with Crippen molar-refractivity contribution in [3.63, 3.8) is 0 Å². The van der Waals surface area contributed by atoms with Crippen LogP contribution in [0.3, 0.4) is 0 Å². The normalized spacial score (nSPS) is 12.0. The lowest BCUT2D eigenvalue weighted by molar-refractivity contribution is -0.116. The van der Waals surface area contributed by atoms with Crippen molar-refractivity contribution in [1.29, 1.82) is 0 Å². The van der Waals surface area contributed by atoms with Crippen molar-refractivity contribution < 1.29 is 26.8 Å². The summed E-state index contributed by atoms with van der Waals surface area (Å²) in [5.74, 6) is -3.57. The molecule has 184 valence electrons. The van der Waals surface area contributed by atoms with Gasteiger partial charge in [0, 0.05) is 12.6 Å². The predicted octanol–water partition coefficient (Wildman–Crippen LogP) is 3.73. The third-order valence-electron chi connectivity index (χ3n) is 5.22. The van der Waals surface area contributed by atoms with Gasteiger partial charge in [0.15, 0.2) is 11.6 Å². The SMILES string of the molecule is CC(C(=O)Nc1ccccc1C(=O)NCCc1ccccc1)N(c1ccc(F)c(F)c1)S(C)(=O)=O. The molecule has 0 radical (unpaired) electrons. The zero-order valence-electron chi connectivity index (χ0n) is 19.2. The summed E-state index contributed by atoms with van der Waals surface area (Å²) < 4.78 is 52.6. The average Bonchev–Trinajstić information content (AvgIpc) is 2.81. The van der Waals surface area contributed by atoms with E-state index in [9.17, 15) is 26.8 Å². The number of anilines is 2. The predicted molar refractivity (Wildman–Crippen MR) is 131 cm³/mol. The number of para-hydroxylation sites is 1. The van der Waals surface area contributed by atoms with Gasteiger partial charge in [-0.3, -0.25) is 13.9 Å². The lowest BCUT2D eigenvalue weighted by Crippen LogP contribution is -2.45. The number of hydrogen-bond donors (Lipinski definition) is 2. The van der Waals surface area contributed by atoms with Crippen LogP contribution in [0.5, 0.6) is 0 Å². The molecule has 0 aliphatic rings. The molecule has 10 heteroatoms. The van der Waals surface area contributed by atoms with E-state index in [-0.39, 0.29) is 16.9 Å². The Bertz CT molecular complexity index is 1320. The molecule has 0 heterocycles. The van der Waals surface area contributed by atoms with E-state index >= 15 is 0 Å². The summed E-state index contributed by atoms with van der Waals surface area (Å²) in [6.45, 7) is 1.68. The van der Waals surface area contributed by atoms with Crippen LogP contribution in [-0.2, 0) is 21.2 Å². The first kappa shape index (κ1) is 25.8. The van der Waals surface area contributed by atoms with E-state index in [4.69, 9.17) is 0 Å². The second-order valence-electron chi connectivity index (χ2n) is 7.86. The average molecular weight is 502 g/mol. The van der Waals surface area contributed by atoms with Crippen LogP contribution in [-0.4, -0.2) is 39.1 Å². The zero-order valence-corrected chi connectivity index (χ0v) is 20.0. The van der Waals surface area contributed by atoms with E-state index in [1.165, 1.54) is 19.1 Å². The Morgan fingerprint density at radius 1 is 0.943 bits per heavy atom. The maximum absolute atomic E-state index is 13.7. The Balaban J connectivity index is 1.76. The van der Waals surface area contributed by atoms with Gasteiger partial charge >= 0.3 is 0 Å². The van der Waals surface area contributed by atoms with Crippen molar-refractivity contribution >= 4 is 33.2 Å². The summed E-state index contributed by atoms with van der Waals surface area (Å²) in [7, 11) is -4.04. The van der Waals surface area contributed by atoms with Crippen LogP contribution in [0.2, 0.25) is 0 Å². The fourth-order valence-corrected chi connectivity index (χ4v) is 4.69. The Labute approximate surface area is 202 Å². The lowest BCUT2D eigenvalue weighted by Gasteiger charge is -2.28. The van der Waals surface area contributed by atoms with E-state index in [1.54, 1.807) is 12.1 Å². The minimum absolute atomic E-state index is 0.181. The number of nitrogens with zero attached hydrogens (tertiary/aromatic N) is 1. The number of nitrogens with one attached hydrogen (secondary N) is 2. The minimum atomic E-state index is -4.04. The molecule has 3 rings (SSSR count). The molecule has 0 aliphatic carbocycles. The number of amides is 2. The van der Waals surface area contributed by atoms with Gasteiger partial charge in [0.25, 0.3) is 5.91 Å². The maximum Gasteiger partial charge on any atom is 0.253 e. The molecule has 0 fully saturated rings. The highest BCUT2D eigenvalue weighted by Gasteiger charge is 2.30. The van der Waals surface area contributed by atoms with Crippen LogP contribution in [0.25, 0.3) is 0 Å². The molecule has 0 saturated heterocycles. The number of sulfonamides is 1. The first-order valence-electron chi connectivity index (χ1n) is 10.7. The monoisotopic (exact) mass is 501 g/mol. The molecule has 3 aromatic carbocycles. The van der Waals surface area contributed by atoms with Gasteiger partial charge < -0.3 is 10.6 Å². The minimum Gasteiger partial charge on any atom is -0.352 e. The molecule has 7 nitrogen and oxygen atoms in total. The zero-order chi connectivity index (χ0) is 25.6. The van der Waals surface area contributed by atoms with Gasteiger partial charge in [-0.05, 0) is 43.2 Å². The number of carbonyl (C=O) groups excluding carboxylic acids is 2. The van der Waals surface area contributed by atoms with E-state index in [1.807, 2.05) is 30.3 Å². The number of benzene rings is 3. The highest BCUT2D eigenvalue weighted by atomic mass is 32.2. The summed E-state index contributed by atoms with van der Waals surface area (Å²) >= 11 is 0. The van der Waals surface area contributed by atoms with Gasteiger partial charge in [-0.1, -0.05) is 42.5 Å². The lowest BCUT2D eigenvalue weighted by atomic mass is 10.1. The van der Waals surface area contributed by atoms with Crippen LogP contribution in [0.4, 0.5) is 20.2 Å². The van der Waals surface area contributed by atoms with E-state index < -0.39 is 39.5 Å². The largest absolute Gasteiger partial charge is 0.352 e. The third kappa shape index (κ3) is 6.63. The van der Waals surface area contributed by atoms with Crippen LogP contribution in [0.15, 0.2) is 72.8 Å². The van der Waals surface area contributed by atoms with E-state index in [0.29, 0.717) is 23.3 Å². The number of rotatable bonds is 9. The summed E-state index contributed by atoms with van der Waals surface area (Å²) in [6, 6.07) is 17.1. The van der Waals surface area contributed by atoms with E-state index in [2.05, 4.69) is 10.6 Å². The fourth-order valence-electron chi connectivity index (χ4n) is 3.52. The Morgan fingerprint density at radius 2 is 1.60 bits per heavy atom. The molecular weight excluding hydrogens is 476 g/mol. The topological polar surface area (TPSA) is 95.6 Å². The fraction of sp³-hybridized carbons (Fsp3) is 0.200. The van der Waals surface area contributed by atoms with Gasteiger partial charge in [0.1, 0.15) is 6.04 Å². The molecule has 0 bridgehead atoms. The highest BCUT2D eigenvalue weighted by molar-refractivity contribution is 7.92. The van der Waals surface area contributed by atoms with Crippen LogP contribution >= 0.6 is 0 Å². The second kappa shape index (κ2) is 11.1. The Morgan fingerprint density at radius 3 is 2.26 bits per heavy atom. The first-order chi connectivity index (χ1) is 16.6. The standard InChI is InChI=1S/C25H25F2N3O4S/c1-17(30(35(2,33)34)19-12-13-21(26)22(27)16-19)24(31)29-23-11-7-6-10-20(23)25(32)28-15-14-18-8-4-3-5-9-18/h3-13,16-17H,14-15H2,1-2H3,(H,28,32)(H,29,31). The van der Waals surface area contributed by atoms with Crippen molar-refractivity contribution in [2.45, 2.75) is 19.4 Å². The summed E-state index contributed by atoms with van der Waals surface area (Å²) in [6.07, 6.45) is 1.47. The van der Waals surface area contributed by atoms with Crippen LogP contribution in [0, 0.1) is 11.6 Å². The summed E-state index contributed by atoms with van der Waals surface area (Å²) in [4.78, 5) is 25.7. The molecule has 1 unspecified atom stereocenters. The van der Waals surface area contributed by atoms with Crippen molar-refractivity contribution in [2.24, 2.45) is 0 Å². The molecule has 2 N–H and O–H groups in total. The molecule has 0 saturated carbocycles. The number of hydrogen-bond acceptors (Lipinski definition) is 4. The van der Waals surface area contributed by atoms with Crippen molar-refractivity contribution in [2.75, 3.05) is 22.4 Å². The van der Waals surface area contributed by atoms with Crippen molar-refractivity contribution in [3.8, 4) is 0 Å². The molecule has 0 aliphatic heterocycles. The Kier molecular flexibility index (Phi) is 8.18. The van der Waals surface area contributed by atoms with Gasteiger partial charge in [0.05, 0.1) is 23.2 Å².